The van der Waals surface area contributed by atoms with Gasteiger partial charge in [0, 0.05) is 23.2 Å². The summed E-state index contributed by atoms with van der Waals surface area (Å²) < 4.78 is 6.64. The highest BCUT2D eigenvalue weighted by atomic mass is 32.2. The molecule has 7 heteroatoms. The normalized spacial score (nSPS) is 11.5. The minimum absolute atomic E-state index is 0.0650. The van der Waals surface area contributed by atoms with Crippen LogP contribution in [0.15, 0.2) is 47.4 Å². The van der Waals surface area contributed by atoms with Crippen molar-refractivity contribution >= 4 is 44.4 Å². The summed E-state index contributed by atoms with van der Waals surface area (Å²) in [5.41, 5.74) is 1.91. The van der Waals surface area contributed by atoms with Crippen molar-refractivity contribution in [2.24, 2.45) is 0 Å². The molecule has 0 N–H and O–H groups in total. The Bertz CT molecular complexity index is 1000. The number of benzene rings is 2. The zero-order chi connectivity index (χ0) is 22.4. The Morgan fingerprint density at radius 3 is 2.52 bits per heavy atom. The second kappa shape index (κ2) is 11.0. The van der Waals surface area contributed by atoms with Crippen LogP contribution in [0.5, 0.6) is 5.75 Å². The number of rotatable bonds is 10. The number of thiazole rings is 1. The Morgan fingerprint density at radius 2 is 1.87 bits per heavy atom. The summed E-state index contributed by atoms with van der Waals surface area (Å²) in [6.45, 7) is 8.33. The van der Waals surface area contributed by atoms with Gasteiger partial charge in [-0.1, -0.05) is 37.3 Å². The van der Waals surface area contributed by atoms with Crippen LogP contribution < -0.4 is 9.64 Å². The molecule has 0 atom stereocenters. The Balaban J connectivity index is 1.81. The maximum absolute atomic E-state index is 13.3. The SMILES string of the molecule is CCOc1ccc2nc(N(CCN(C)C)C(=O)Cc3ccc(SC(C)C)cc3)sc2c1. The largest absolute Gasteiger partial charge is 0.494 e. The molecule has 1 heterocycles. The summed E-state index contributed by atoms with van der Waals surface area (Å²) in [6, 6.07) is 14.2. The molecule has 0 spiro atoms. The van der Waals surface area contributed by atoms with E-state index in [1.165, 1.54) is 16.2 Å². The van der Waals surface area contributed by atoms with E-state index in [-0.39, 0.29) is 5.91 Å². The average Bonchev–Trinajstić information content (AvgIpc) is 3.12. The fourth-order valence-electron chi connectivity index (χ4n) is 3.12. The van der Waals surface area contributed by atoms with Crippen LogP contribution in [0.25, 0.3) is 10.2 Å². The van der Waals surface area contributed by atoms with E-state index in [1.807, 2.05) is 55.9 Å². The lowest BCUT2D eigenvalue weighted by molar-refractivity contribution is -0.118. The van der Waals surface area contributed by atoms with Gasteiger partial charge in [0.2, 0.25) is 5.91 Å². The topological polar surface area (TPSA) is 45.7 Å². The van der Waals surface area contributed by atoms with E-state index in [2.05, 4.69) is 43.0 Å². The lowest BCUT2D eigenvalue weighted by atomic mass is 10.1. The van der Waals surface area contributed by atoms with Gasteiger partial charge in [-0.3, -0.25) is 9.69 Å². The van der Waals surface area contributed by atoms with Gasteiger partial charge in [-0.25, -0.2) is 4.98 Å². The zero-order valence-corrected chi connectivity index (χ0v) is 20.6. The molecule has 3 aromatic rings. The third-order valence-corrected chi connectivity index (χ3v) is 6.67. The number of hydrogen-bond donors (Lipinski definition) is 0. The third kappa shape index (κ3) is 6.69. The highest BCUT2D eigenvalue weighted by Crippen LogP contribution is 2.32. The standard InChI is InChI=1S/C24H31N3O2S2/c1-6-29-19-9-12-21-22(16-19)31-24(25-21)27(14-13-26(4)5)23(28)15-18-7-10-20(11-8-18)30-17(2)3/h7-12,16-17H,6,13-15H2,1-5H3. The van der Waals surface area contributed by atoms with Gasteiger partial charge in [-0.15, -0.1) is 11.8 Å². The van der Waals surface area contributed by atoms with Gasteiger partial charge in [0.05, 0.1) is 23.2 Å². The minimum atomic E-state index is 0.0650. The molecule has 3 rings (SSSR count). The van der Waals surface area contributed by atoms with Gasteiger partial charge >= 0.3 is 0 Å². The molecule has 1 aromatic heterocycles. The summed E-state index contributed by atoms with van der Waals surface area (Å²) in [4.78, 5) is 23.2. The van der Waals surface area contributed by atoms with E-state index >= 15 is 0 Å². The fourth-order valence-corrected chi connectivity index (χ4v) is 4.99. The lowest BCUT2D eigenvalue weighted by Gasteiger charge is -2.22. The van der Waals surface area contributed by atoms with E-state index in [0.29, 0.717) is 24.8 Å². The summed E-state index contributed by atoms with van der Waals surface area (Å²) >= 11 is 3.37. The Morgan fingerprint density at radius 1 is 1.13 bits per heavy atom. The monoisotopic (exact) mass is 457 g/mol. The first-order valence-electron chi connectivity index (χ1n) is 10.6. The van der Waals surface area contributed by atoms with Crippen LogP contribution in [-0.2, 0) is 11.2 Å². The van der Waals surface area contributed by atoms with Crippen LogP contribution in [0, 0.1) is 0 Å². The highest BCUT2D eigenvalue weighted by Gasteiger charge is 2.20. The molecule has 0 radical (unpaired) electrons. The van der Waals surface area contributed by atoms with Crippen molar-refractivity contribution in [3.63, 3.8) is 0 Å². The van der Waals surface area contributed by atoms with Crippen LogP contribution in [0.3, 0.4) is 0 Å². The molecule has 2 aromatic carbocycles. The first-order valence-corrected chi connectivity index (χ1v) is 12.3. The van der Waals surface area contributed by atoms with Crippen LogP contribution in [0.4, 0.5) is 5.13 Å². The number of thioether (sulfide) groups is 1. The van der Waals surface area contributed by atoms with Crippen molar-refractivity contribution in [2.75, 3.05) is 38.7 Å². The molecule has 166 valence electrons. The van der Waals surface area contributed by atoms with Crippen LogP contribution in [-0.4, -0.2) is 54.8 Å². The van der Waals surface area contributed by atoms with Crippen LogP contribution >= 0.6 is 23.1 Å². The van der Waals surface area contributed by atoms with Crippen LogP contribution in [0.1, 0.15) is 26.3 Å². The summed E-state index contributed by atoms with van der Waals surface area (Å²) in [5, 5.41) is 1.28. The molecule has 31 heavy (non-hydrogen) atoms. The number of ether oxygens (including phenoxy) is 1. The number of aromatic nitrogens is 1. The van der Waals surface area contributed by atoms with Crippen molar-refractivity contribution in [1.82, 2.24) is 9.88 Å². The number of anilines is 1. The highest BCUT2D eigenvalue weighted by molar-refractivity contribution is 7.99. The molecule has 0 saturated carbocycles. The van der Waals surface area contributed by atoms with Gasteiger partial charge in [-0.05, 0) is 56.9 Å². The van der Waals surface area contributed by atoms with Crippen molar-refractivity contribution in [1.29, 1.82) is 0 Å². The lowest BCUT2D eigenvalue weighted by Crippen LogP contribution is -2.37. The summed E-state index contributed by atoms with van der Waals surface area (Å²) in [5.74, 6) is 0.894. The number of carbonyl (C=O) groups excluding carboxylic acids is 1. The number of likely N-dealkylation sites (N-methyl/N-ethyl adjacent to an activating group) is 1. The van der Waals surface area contributed by atoms with E-state index in [9.17, 15) is 4.79 Å². The molecule has 0 saturated heterocycles. The predicted molar refractivity (Wildman–Crippen MR) is 133 cm³/mol. The number of nitrogens with zero attached hydrogens (tertiary/aromatic N) is 3. The van der Waals surface area contributed by atoms with E-state index in [0.717, 1.165) is 33.2 Å². The molecule has 5 nitrogen and oxygen atoms in total. The first kappa shape index (κ1) is 23.6. The number of amides is 1. The van der Waals surface area contributed by atoms with Crippen molar-refractivity contribution < 1.29 is 9.53 Å². The minimum Gasteiger partial charge on any atom is -0.494 e. The molecule has 0 unspecified atom stereocenters. The van der Waals surface area contributed by atoms with Crippen molar-refractivity contribution in [2.45, 2.75) is 37.3 Å². The molecule has 1 amide bonds. The maximum Gasteiger partial charge on any atom is 0.233 e. The third-order valence-electron chi connectivity index (χ3n) is 4.61. The maximum atomic E-state index is 13.3. The van der Waals surface area contributed by atoms with Gasteiger partial charge in [0.25, 0.3) is 0 Å². The van der Waals surface area contributed by atoms with Gasteiger partial charge in [0.1, 0.15) is 5.75 Å². The molecule has 0 aliphatic carbocycles. The van der Waals surface area contributed by atoms with Crippen molar-refractivity contribution in [3.8, 4) is 5.75 Å². The van der Waals surface area contributed by atoms with E-state index < -0.39 is 0 Å². The number of carbonyl (C=O) groups is 1. The quantitative estimate of drug-likeness (QED) is 0.385. The first-order chi connectivity index (χ1) is 14.9. The zero-order valence-electron chi connectivity index (χ0n) is 18.9. The number of hydrogen-bond acceptors (Lipinski definition) is 6. The van der Waals surface area contributed by atoms with E-state index in [4.69, 9.17) is 9.72 Å². The second-order valence-electron chi connectivity index (χ2n) is 7.89. The molecular weight excluding hydrogens is 426 g/mol. The Labute approximate surface area is 193 Å². The molecule has 0 fully saturated rings. The summed E-state index contributed by atoms with van der Waals surface area (Å²) in [6.07, 6.45) is 0.361. The summed E-state index contributed by atoms with van der Waals surface area (Å²) in [7, 11) is 4.03. The Hall–Kier alpha value is -2.09. The van der Waals surface area contributed by atoms with Gasteiger partial charge in [-0.2, -0.15) is 0 Å². The molecular formula is C24H31N3O2S2. The molecule has 0 aliphatic rings. The van der Waals surface area contributed by atoms with Gasteiger partial charge < -0.3 is 9.64 Å². The van der Waals surface area contributed by atoms with Crippen LogP contribution in [0.2, 0.25) is 0 Å². The molecule has 0 aliphatic heterocycles. The predicted octanol–water partition coefficient (Wildman–Crippen LogP) is 5.33. The Kier molecular flexibility index (Phi) is 8.35. The average molecular weight is 458 g/mol. The second-order valence-corrected chi connectivity index (χ2v) is 10.6. The fraction of sp³-hybridized carbons (Fsp3) is 0.417. The number of fused-ring (bicyclic) bond motifs is 1. The van der Waals surface area contributed by atoms with Gasteiger partial charge in [0.15, 0.2) is 5.13 Å². The van der Waals surface area contributed by atoms with E-state index in [1.54, 1.807) is 0 Å². The van der Waals surface area contributed by atoms with Crippen molar-refractivity contribution in [3.05, 3.63) is 48.0 Å². The smallest absolute Gasteiger partial charge is 0.233 e. The molecule has 0 bridgehead atoms.